The van der Waals surface area contributed by atoms with Crippen molar-refractivity contribution in [3.8, 4) is 11.5 Å². The zero-order chi connectivity index (χ0) is 8.72. The van der Waals surface area contributed by atoms with Crippen LogP contribution in [0.2, 0.25) is 0 Å². The molecular weight excluding hydrogens is 172 g/mol. The second kappa shape index (κ2) is 2.38. The molecule has 2 N–H and O–H groups in total. The second-order valence-corrected chi connectivity index (χ2v) is 3.67. The first kappa shape index (κ1) is 7.43. The lowest BCUT2D eigenvalue weighted by molar-refractivity contribution is 0.405. The summed E-state index contributed by atoms with van der Waals surface area (Å²) in [6.07, 6.45) is 0. The van der Waals surface area contributed by atoms with Crippen LogP contribution in [0.1, 0.15) is 5.56 Å². The summed E-state index contributed by atoms with van der Waals surface area (Å²) in [5.41, 5.74) is 1.13. The quantitative estimate of drug-likeness (QED) is 0.612. The summed E-state index contributed by atoms with van der Waals surface area (Å²) in [4.78, 5) is 0. The first-order chi connectivity index (χ1) is 5.68. The molecule has 1 aromatic carbocycles. The molecule has 0 saturated carbocycles. The molecule has 0 bridgehead atoms. The Morgan fingerprint density at radius 1 is 1.17 bits per heavy atom. The Balaban J connectivity index is 2.87. The third kappa shape index (κ3) is 0.940. The van der Waals surface area contributed by atoms with E-state index in [1.165, 1.54) is 0 Å². The van der Waals surface area contributed by atoms with Gasteiger partial charge in [-0.2, -0.15) is 0 Å². The normalized spacial score (nSPS) is 10.8. The van der Waals surface area contributed by atoms with Gasteiger partial charge in [0.05, 0.1) is 0 Å². The molecular formula is C9H8O2S. The summed E-state index contributed by atoms with van der Waals surface area (Å²) in [6, 6.07) is 3.18. The van der Waals surface area contributed by atoms with E-state index in [2.05, 4.69) is 0 Å². The summed E-state index contributed by atoms with van der Waals surface area (Å²) in [6.45, 7) is 1.98. The fraction of sp³-hybridized carbons (Fsp3) is 0.111. The maximum atomic E-state index is 9.21. The number of hydrogen-bond donors (Lipinski definition) is 2. The average Bonchev–Trinajstić information content (AvgIpc) is 2.35. The van der Waals surface area contributed by atoms with Crippen molar-refractivity contribution < 1.29 is 10.2 Å². The number of aromatic hydroxyl groups is 2. The Kier molecular flexibility index (Phi) is 1.48. The van der Waals surface area contributed by atoms with Crippen LogP contribution in [0.5, 0.6) is 11.5 Å². The number of rotatable bonds is 0. The lowest BCUT2D eigenvalue weighted by atomic mass is 10.2. The Morgan fingerprint density at radius 3 is 2.58 bits per heavy atom. The molecule has 62 valence electrons. The van der Waals surface area contributed by atoms with Crippen LogP contribution in [-0.4, -0.2) is 10.2 Å². The topological polar surface area (TPSA) is 40.5 Å². The van der Waals surface area contributed by atoms with E-state index in [9.17, 15) is 10.2 Å². The first-order valence-electron chi connectivity index (χ1n) is 3.58. The van der Waals surface area contributed by atoms with Gasteiger partial charge in [0.1, 0.15) is 0 Å². The van der Waals surface area contributed by atoms with Gasteiger partial charge in [-0.25, -0.2) is 0 Å². The number of phenolic OH excluding ortho intramolecular Hbond substituents is 2. The molecule has 0 atom stereocenters. The number of thiophene rings is 1. The van der Waals surface area contributed by atoms with Gasteiger partial charge in [0.25, 0.3) is 0 Å². The highest BCUT2D eigenvalue weighted by Gasteiger charge is 2.05. The van der Waals surface area contributed by atoms with Crippen LogP contribution < -0.4 is 0 Å². The smallest absolute Gasteiger partial charge is 0.158 e. The van der Waals surface area contributed by atoms with E-state index in [0.29, 0.717) is 0 Å². The maximum Gasteiger partial charge on any atom is 0.158 e. The van der Waals surface area contributed by atoms with E-state index >= 15 is 0 Å². The van der Waals surface area contributed by atoms with Gasteiger partial charge in [-0.15, -0.1) is 11.3 Å². The van der Waals surface area contributed by atoms with E-state index < -0.39 is 0 Å². The molecule has 3 heteroatoms. The second-order valence-electron chi connectivity index (χ2n) is 2.76. The minimum absolute atomic E-state index is 0.0515. The van der Waals surface area contributed by atoms with Crippen molar-refractivity contribution in [1.82, 2.24) is 0 Å². The highest BCUT2D eigenvalue weighted by atomic mass is 32.1. The Bertz CT molecular complexity index is 431. The summed E-state index contributed by atoms with van der Waals surface area (Å²) >= 11 is 1.57. The van der Waals surface area contributed by atoms with Crippen molar-refractivity contribution in [3.63, 3.8) is 0 Å². The monoisotopic (exact) mass is 180 g/mol. The van der Waals surface area contributed by atoms with Crippen LogP contribution in [0, 0.1) is 6.92 Å². The Morgan fingerprint density at radius 2 is 1.83 bits per heavy atom. The predicted molar refractivity (Wildman–Crippen MR) is 49.9 cm³/mol. The Hall–Kier alpha value is -1.22. The van der Waals surface area contributed by atoms with E-state index in [4.69, 9.17) is 0 Å². The number of benzene rings is 1. The van der Waals surface area contributed by atoms with Gasteiger partial charge in [-0.3, -0.25) is 0 Å². The minimum Gasteiger partial charge on any atom is -0.504 e. The third-order valence-corrected chi connectivity index (χ3v) is 2.93. The summed E-state index contributed by atoms with van der Waals surface area (Å²) < 4.78 is 1.00. The molecule has 0 radical (unpaired) electrons. The van der Waals surface area contributed by atoms with E-state index in [-0.39, 0.29) is 11.5 Å². The maximum absolute atomic E-state index is 9.21. The minimum atomic E-state index is -0.0519. The highest BCUT2D eigenvalue weighted by Crippen LogP contribution is 2.34. The largest absolute Gasteiger partial charge is 0.504 e. The average molecular weight is 180 g/mol. The summed E-state index contributed by atoms with van der Waals surface area (Å²) in [5.74, 6) is -0.103. The Labute approximate surface area is 73.7 Å². The molecule has 0 amide bonds. The van der Waals surface area contributed by atoms with Crippen LogP contribution in [0.15, 0.2) is 17.5 Å². The number of hydrogen-bond acceptors (Lipinski definition) is 3. The van der Waals surface area contributed by atoms with Crippen molar-refractivity contribution in [3.05, 3.63) is 23.1 Å². The molecule has 0 aliphatic heterocycles. The fourth-order valence-corrected chi connectivity index (χ4v) is 2.14. The molecule has 1 heterocycles. The lowest BCUT2D eigenvalue weighted by Gasteiger charge is -1.97. The molecule has 0 saturated heterocycles. The molecule has 0 unspecified atom stereocenters. The van der Waals surface area contributed by atoms with Gasteiger partial charge in [-0.1, -0.05) is 0 Å². The summed E-state index contributed by atoms with van der Waals surface area (Å²) in [5, 5.41) is 21.4. The van der Waals surface area contributed by atoms with Gasteiger partial charge in [-0.05, 0) is 29.3 Å². The van der Waals surface area contributed by atoms with E-state index in [1.54, 1.807) is 23.5 Å². The zero-order valence-corrected chi connectivity index (χ0v) is 7.35. The van der Waals surface area contributed by atoms with Gasteiger partial charge in [0.15, 0.2) is 11.5 Å². The molecule has 1 aromatic heterocycles. The van der Waals surface area contributed by atoms with Crippen molar-refractivity contribution in [2.45, 2.75) is 6.92 Å². The molecule has 2 aromatic rings. The number of aryl methyl sites for hydroxylation is 1. The third-order valence-electron chi connectivity index (χ3n) is 1.86. The molecule has 0 fully saturated rings. The molecule has 0 spiro atoms. The molecule has 12 heavy (non-hydrogen) atoms. The van der Waals surface area contributed by atoms with Gasteiger partial charge in [0.2, 0.25) is 0 Å². The summed E-state index contributed by atoms with van der Waals surface area (Å²) in [7, 11) is 0. The molecule has 0 aliphatic carbocycles. The zero-order valence-electron chi connectivity index (χ0n) is 6.53. The van der Waals surface area contributed by atoms with E-state index in [1.807, 2.05) is 12.3 Å². The van der Waals surface area contributed by atoms with E-state index in [0.717, 1.165) is 15.6 Å². The van der Waals surface area contributed by atoms with Crippen LogP contribution in [0.3, 0.4) is 0 Å². The van der Waals surface area contributed by atoms with Crippen LogP contribution in [-0.2, 0) is 0 Å². The van der Waals surface area contributed by atoms with Crippen molar-refractivity contribution in [2.75, 3.05) is 0 Å². The number of phenols is 2. The van der Waals surface area contributed by atoms with Crippen LogP contribution in [0.4, 0.5) is 0 Å². The van der Waals surface area contributed by atoms with Crippen molar-refractivity contribution in [1.29, 1.82) is 0 Å². The van der Waals surface area contributed by atoms with Crippen molar-refractivity contribution in [2.24, 2.45) is 0 Å². The first-order valence-corrected chi connectivity index (χ1v) is 4.46. The van der Waals surface area contributed by atoms with Gasteiger partial charge >= 0.3 is 0 Å². The standard InChI is InChI=1S/C9H8O2S/c1-5-4-12-9-3-8(11)7(10)2-6(5)9/h2-4,10-11H,1H3. The predicted octanol–water partition coefficient (Wildman–Crippen LogP) is 2.62. The molecule has 2 rings (SSSR count). The fourth-order valence-electron chi connectivity index (χ4n) is 1.18. The van der Waals surface area contributed by atoms with Gasteiger partial charge < -0.3 is 10.2 Å². The SMILES string of the molecule is Cc1csc2cc(O)c(O)cc12. The number of fused-ring (bicyclic) bond motifs is 1. The van der Waals surface area contributed by atoms with Crippen LogP contribution >= 0.6 is 11.3 Å². The highest BCUT2D eigenvalue weighted by molar-refractivity contribution is 7.17. The molecule has 0 aliphatic rings. The van der Waals surface area contributed by atoms with Crippen molar-refractivity contribution >= 4 is 21.4 Å². The lowest BCUT2D eigenvalue weighted by Crippen LogP contribution is -1.70. The van der Waals surface area contributed by atoms with Gasteiger partial charge in [0, 0.05) is 10.8 Å². The van der Waals surface area contributed by atoms with Crippen LogP contribution in [0.25, 0.3) is 10.1 Å². The molecule has 2 nitrogen and oxygen atoms in total.